The summed E-state index contributed by atoms with van der Waals surface area (Å²) in [7, 11) is 0. The zero-order valence-corrected chi connectivity index (χ0v) is 12.6. The predicted molar refractivity (Wildman–Crippen MR) is 84.7 cm³/mol. The Morgan fingerprint density at radius 1 is 0.905 bits per heavy atom. The largest absolute Gasteiger partial charge is 0.491 e. The lowest BCUT2D eigenvalue weighted by atomic mass is 9.99. The minimum absolute atomic E-state index is 0.163. The molecule has 3 rings (SSSR count). The third kappa shape index (κ3) is 3.45. The van der Waals surface area contributed by atoms with E-state index in [1.807, 2.05) is 50.2 Å². The van der Waals surface area contributed by atoms with Gasteiger partial charge in [0.1, 0.15) is 11.9 Å². The molecule has 0 aromatic heterocycles. The normalized spacial score (nSPS) is 16.0. The Morgan fingerprint density at radius 2 is 1.43 bits per heavy atom. The molecule has 0 amide bonds. The van der Waals surface area contributed by atoms with E-state index in [9.17, 15) is 5.11 Å². The number of aliphatic hydroxyl groups excluding tert-OH is 1. The zero-order valence-electron chi connectivity index (χ0n) is 12.6. The predicted octanol–water partition coefficient (Wildman–Crippen LogP) is 4.43. The van der Waals surface area contributed by atoms with Crippen molar-refractivity contribution in [3.8, 4) is 5.75 Å². The Morgan fingerprint density at radius 3 is 1.90 bits per heavy atom. The van der Waals surface area contributed by atoms with Crippen LogP contribution in [-0.2, 0) is 0 Å². The maximum absolute atomic E-state index is 10.5. The fraction of sp³-hybridized carbons (Fsp3) is 0.368. The second kappa shape index (κ2) is 5.90. The summed E-state index contributed by atoms with van der Waals surface area (Å²) in [4.78, 5) is 0. The topological polar surface area (TPSA) is 29.5 Å². The van der Waals surface area contributed by atoms with E-state index in [2.05, 4.69) is 12.1 Å². The van der Waals surface area contributed by atoms with Gasteiger partial charge in [-0.25, -0.2) is 0 Å². The maximum Gasteiger partial charge on any atom is 0.119 e. The summed E-state index contributed by atoms with van der Waals surface area (Å²) < 4.78 is 5.62. The van der Waals surface area contributed by atoms with Crippen molar-refractivity contribution >= 4 is 0 Å². The van der Waals surface area contributed by atoms with E-state index in [1.165, 1.54) is 18.4 Å². The van der Waals surface area contributed by atoms with Crippen molar-refractivity contribution in [1.82, 2.24) is 0 Å². The molecule has 2 nitrogen and oxygen atoms in total. The van der Waals surface area contributed by atoms with E-state index >= 15 is 0 Å². The standard InChI is InChI=1S/C19H22O2/c1-13(2)21-18-11-9-17(10-12-18)19(20)16-7-5-15(6-8-16)14-3-4-14/h5-14,19-20H,3-4H2,1-2H3. The molecular formula is C19H22O2. The Hall–Kier alpha value is -1.80. The number of hydrogen-bond donors (Lipinski definition) is 1. The van der Waals surface area contributed by atoms with Gasteiger partial charge in [0.25, 0.3) is 0 Å². The van der Waals surface area contributed by atoms with E-state index in [4.69, 9.17) is 4.74 Å². The summed E-state index contributed by atoms with van der Waals surface area (Å²) >= 11 is 0. The quantitative estimate of drug-likeness (QED) is 0.879. The molecule has 1 saturated carbocycles. The second-order valence-corrected chi connectivity index (χ2v) is 6.08. The highest BCUT2D eigenvalue weighted by Gasteiger charge is 2.23. The third-order valence-corrected chi connectivity index (χ3v) is 3.87. The summed E-state index contributed by atoms with van der Waals surface area (Å²) in [6.45, 7) is 4.01. The van der Waals surface area contributed by atoms with Gasteiger partial charge in [0.15, 0.2) is 0 Å². The molecule has 110 valence electrons. The van der Waals surface area contributed by atoms with Gasteiger partial charge in [0.05, 0.1) is 6.10 Å². The smallest absolute Gasteiger partial charge is 0.119 e. The molecule has 1 N–H and O–H groups in total. The lowest BCUT2D eigenvalue weighted by Gasteiger charge is -2.14. The number of benzene rings is 2. The summed E-state index contributed by atoms with van der Waals surface area (Å²) in [5, 5.41) is 10.5. The van der Waals surface area contributed by atoms with E-state index < -0.39 is 6.10 Å². The van der Waals surface area contributed by atoms with Crippen LogP contribution in [-0.4, -0.2) is 11.2 Å². The minimum atomic E-state index is -0.577. The van der Waals surface area contributed by atoms with Crippen molar-refractivity contribution < 1.29 is 9.84 Å². The van der Waals surface area contributed by atoms with Crippen molar-refractivity contribution in [1.29, 1.82) is 0 Å². The Labute approximate surface area is 126 Å². The summed E-state index contributed by atoms with van der Waals surface area (Å²) in [5.74, 6) is 1.59. The van der Waals surface area contributed by atoms with Crippen molar-refractivity contribution in [3.63, 3.8) is 0 Å². The zero-order chi connectivity index (χ0) is 14.8. The lowest BCUT2D eigenvalue weighted by molar-refractivity contribution is 0.219. The number of aliphatic hydroxyl groups is 1. The highest BCUT2D eigenvalue weighted by molar-refractivity contribution is 5.36. The van der Waals surface area contributed by atoms with Crippen LogP contribution in [0.2, 0.25) is 0 Å². The van der Waals surface area contributed by atoms with E-state index in [1.54, 1.807) is 0 Å². The van der Waals surface area contributed by atoms with Crippen molar-refractivity contribution in [2.45, 2.75) is 44.8 Å². The molecule has 2 heteroatoms. The fourth-order valence-corrected chi connectivity index (χ4v) is 2.56. The highest BCUT2D eigenvalue weighted by atomic mass is 16.5. The molecule has 0 bridgehead atoms. The summed E-state index contributed by atoms with van der Waals surface area (Å²) in [5.41, 5.74) is 3.23. The molecule has 0 aliphatic heterocycles. The van der Waals surface area contributed by atoms with Crippen LogP contribution in [0.3, 0.4) is 0 Å². The molecule has 1 fully saturated rings. The lowest BCUT2D eigenvalue weighted by Crippen LogP contribution is -2.06. The van der Waals surface area contributed by atoms with Gasteiger partial charge in [-0.1, -0.05) is 36.4 Å². The number of rotatable bonds is 5. The van der Waals surface area contributed by atoms with Crippen molar-refractivity contribution in [2.75, 3.05) is 0 Å². The van der Waals surface area contributed by atoms with E-state index in [0.29, 0.717) is 0 Å². The van der Waals surface area contributed by atoms with E-state index in [-0.39, 0.29) is 6.10 Å². The van der Waals surface area contributed by atoms with Gasteiger partial charge < -0.3 is 9.84 Å². The first-order chi connectivity index (χ1) is 10.1. The van der Waals surface area contributed by atoms with Gasteiger partial charge in [-0.15, -0.1) is 0 Å². The third-order valence-electron chi connectivity index (χ3n) is 3.87. The molecule has 21 heavy (non-hydrogen) atoms. The molecule has 1 unspecified atom stereocenters. The average Bonchev–Trinajstić information content (AvgIpc) is 3.32. The van der Waals surface area contributed by atoms with Gasteiger partial charge >= 0.3 is 0 Å². The van der Waals surface area contributed by atoms with Crippen LogP contribution < -0.4 is 4.74 Å². The molecular weight excluding hydrogens is 260 g/mol. The van der Waals surface area contributed by atoms with Crippen LogP contribution in [0.4, 0.5) is 0 Å². The maximum atomic E-state index is 10.5. The number of hydrogen-bond acceptors (Lipinski definition) is 2. The van der Waals surface area contributed by atoms with Crippen LogP contribution in [0, 0.1) is 0 Å². The van der Waals surface area contributed by atoms with Crippen molar-refractivity contribution in [2.24, 2.45) is 0 Å². The first kappa shape index (κ1) is 14.2. The highest BCUT2D eigenvalue weighted by Crippen LogP contribution is 2.40. The molecule has 1 aliphatic rings. The SMILES string of the molecule is CC(C)Oc1ccc(C(O)c2ccc(C3CC3)cc2)cc1. The van der Waals surface area contributed by atoms with Crippen LogP contribution in [0.1, 0.15) is 55.4 Å². The van der Waals surface area contributed by atoms with Crippen LogP contribution in [0.25, 0.3) is 0 Å². The first-order valence-corrected chi connectivity index (χ1v) is 7.68. The van der Waals surface area contributed by atoms with Gasteiger partial charge in [-0.05, 0) is 61.4 Å². The summed E-state index contributed by atoms with van der Waals surface area (Å²) in [6, 6.07) is 16.1. The Kier molecular flexibility index (Phi) is 3.98. The van der Waals surface area contributed by atoms with Crippen LogP contribution >= 0.6 is 0 Å². The second-order valence-electron chi connectivity index (χ2n) is 6.08. The average molecular weight is 282 g/mol. The molecule has 0 heterocycles. The molecule has 0 spiro atoms. The first-order valence-electron chi connectivity index (χ1n) is 7.68. The summed E-state index contributed by atoms with van der Waals surface area (Å²) in [6.07, 6.45) is 2.19. The van der Waals surface area contributed by atoms with Gasteiger partial charge in [-0.3, -0.25) is 0 Å². The van der Waals surface area contributed by atoms with Crippen LogP contribution in [0.15, 0.2) is 48.5 Å². The van der Waals surface area contributed by atoms with Gasteiger partial charge in [0, 0.05) is 0 Å². The monoisotopic (exact) mass is 282 g/mol. The molecule has 1 aliphatic carbocycles. The molecule has 2 aromatic rings. The number of ether oxygens (including phenoxy) is 1. The van der Waals surface area contributed by atoms with Gasteiger partial charge in [-0.2, -0.15) is 0 Å². The fourth-order valence-electron chi connectivity index (χ4n) is 2.56. The van der Waals surface area contributed by atoms with Crippen molar-refractivity contribution in [3.05, 3.63) is 65.2 Å². The van der Waals surface area contributed by atoms with Gasteiger partial charge in [0.2, 0.25) is 0 Å². The Bertz CT molecular complexity index is 580. The van der Waals surface area contributed by atoms with E-state index in [0.717, 1.165) is 22.8 Å². The Balaban J connectivity index is 1.72. The molecule has 2 aromatic carbocycles. The van der Waals surface area contributed by atoms with Crippen LogP contribution in [0.5, 0.6) is 5.75 Å². The molecule has 1 atom stereocenters. The molecule has 0 saturated heterocycles. The molecule has 0 radical (unpaired) electrons. The minimum Gasteiger partial charge on any atom is -0.491 e.